The minimum absolute atomic E-state index is 0.0151. The summed E-state index contributed by atoms with van der Waals surface area (Å²) in [6, 6.07) is 1.34. The van der Waals surface area contributed by atoms with Gasteiger partial charge in [-0.15, -0.1) is 0 Å². The molecule has 7 heteroatoms. The molecular formula is C11H11NO5S. The number of hydrogen-bond donors (Lipinski definition) is 1. The molecule has 1 aromatic heterocycles. The summed E-state index contributed by atoms with van der Waals surface area (Å²) in [7, 11) is 0. The predicted octanol–water partition coefficient (Wildman–Crippen LogP) is 1.87. The lowest BCUT2D eigenvalue weighted by atomic mass is 10.2. The molecule has 1 fully saturated rings. The molecule has 18 heavy (non-hydrogen) atoms. The van der Waals surface area contributed by atoms with Gasteiger partial charge in [-0.05, 0) is 13.0 Å². The maximum atomic E-state index is 11.6. The molecule has 96 valence electrons. The van der Waals surface area contributed by atoms with Crippen molar-refractivity contribution in [3.05, 3.63) is 23.2 Å². The van der Waals surface area contributed by atoms with E-state index in [1.54, 1.807) is 0 Å². The Morgan fingerprint density at radius 2 is 2.28 bits per heavy atom. The van der Waals surface area contributed by atoms with E-state index in [1.807, 2.05) is 0 Å². The summed E-state index contributed by atoms with van der Waals surface area (Å²) in [6.07, 6.45) is 0.307. The van der Waals surface area contributed by atoms with Gasteiger partial charge >= 0.3 is 5.97 Å². The van der Waals surface area contributed by atoms with E-state index in [0.717, 1.165) is 16.7 Å². The van der Waals surface area contributed by atoms with Crippen LogP contribution in [0.1, 0.15) is 28.3 Å². The van der Waals surface area contributed by atoms with E-state index in [0.29, 0.717) is 17.9 Å². The monoisotopic (exact) mass is 269 g/mol. The molecule has 0 unspecified atom stereocenters. The fourth-order valence-electron chi connectivity index (χ4n) is 1.68. The zero-order chi connectivity index (χ0) is 13.3. The Kier molecular flexibility index (Phi) is 3.42. The summed E-state index contributed by atoms with van der Waals surface area (Å²) in [5.74, 6) is -0.292. The smallest absolute Gasteiger partial charge is 0.339 e. The number of amides is 2. The predicted molar refractivity (Wildman–Crippen MR) is 63.4 cm³/mol. The summed E-state index contributed by atoms with van der Waals surface area (Å²) in [5, 5.41) is 8.56. The highest BCUT2D eigenvalue weighted by molar-refractivity contribution is 8.13. The van der Waals surface area contributed by atoms with Gasteiger partial charge in [0.25, 0.3) is 5.24 Å². The van der Waals surface area contributed by atoms with Crippen LogP contribution < -0.4 is 0 Å². The van der Waals surface area contributed by atoms with Crippen LogP contribution in [0.5, 0.6) is 0 Å². The molecule has 1 aliphatic rings. The lowest BCUT2D eigenvalue weighted by molar-refractivity contribution is -0.128. The molecule has 0 radical (unpaired) electrons. The number of carbonyl (C=O) groups is 3. The van der Waals surface area contributed by atoms with Gasteiger partial charge < -0.3 is 9.52 Å². The summed E-state index contributed by atoms with van der Waals surface area (Å²) >= 11 is 1.07. The van der Waals surface area contributed by atoms with Gasteiger partial charge in [-0.3, -0.25) is 14.5 Å². The highest BCUT2D eigenvalue weighted by atomic mass is 32.2. The summed E-state index contributed by atoms with van der Waals surface area (Å²) in [5.41, 5.74) is 0.0505. The fourth-order valence-corrected chi connectivity index (χ4v) is 2.46. The Morgan fingerprint density at radius 3 is 2.83 bits per heavy atom. The fraction of sp³-hybridized carbons (Fsp3) is 0.364. The highest BCUT2D eigenvalue weighted by Gasteiger charge is 2.28. The maximum absolute atomic E-state index is 11.6. The van der Waals surface area contributed by atoms with Crippen LogP contribution in [-0.4, -0.2) is 32.9 Å². The van der Waals surface area contributed by atoms with Crippen molar-refractivity contribution in [1.29, 1.82) is 0 Å². The van der Waals surface area contributed by atoms with E-state index in [4.69, 9.17) is 9.52 Å². The molecule has 2 heterocycles. The zero-order valence-corrected chi connectivity index (χ0v) is 10.5. The van der Waals surface area contributed by atoms with E-state index in [-0.39, 0.29) is 29.0 Å². The first-order valence-electron chi connectivity index (χ1n) is 5.28. The van der Waals surface area contributed by atoms with Crippen molar-refractivity contribution < 1.29 is 23.9 Å². The molecular weight excluding hydrogens is 258 g/mol. The van der Waals surface area contributed by atoms with Crippen LogP contribution in [0.15, 0.2) is 10.5 Å². The average molecular weight is 269 g/mol. The summed E-state index contributed by atoms with van der Waals surface area (Å²) in [6.45, 7) is 1.51. The highest BCUT2D eigenvalue weighted by Crippen LogP contribution is 2.23. The SMILES string of the molecule is Cc1oc(CN2C(=O)CCSC2=O)cc1C(=O)O. The third kappa shape index (κ3) is 2.40. The van der Waals surface area contributed by atoms with E-state index in [9.17, 15) is 14.4 Å². The van der Waals surface area contributed by atoms with Crippen LogP contribution >= 0.6 is 11.8 Å². The lowest BCUT2D eigenvalue weighted by Crippen LogP contribution is -2.37. The number of nitrogens with zero attached hydrogens (tertiary/aromatic N) is 1. The van der Waals surface area contributed by atoms with E-state index >= 15 is 0 Å². The van der Waals surface area contributed by atoms with Crippen LogP contribution in [0.25, 0.3) is 0 Å². The van der Waals surface area contributed by atoms with Crippen molar-refractivity contribution >= 4 is 28.9 Å². The number of carboxylic acid groups (broad SMARTS) is 1. The molecule has 2 amide bonds. The number of aryl methyl sites for hydroxylation is 1. The number of rotatable bonds is 3. The second-order valence-corrected chi connectivity index (χ2v) is 4.88. The van der Waals surface area contributed by atoms with Crippen molar-refractivity contribution in [3.8, 4) is 0 Å². The van der Waals surface area contributed by atoms with Gasteiger partial charge in [-0.25, -0.2) is 4.79 Å². The number of carboxylic acids is 1. The number of thioether (sulfide) groups is 1. The van der Waals surface area contributed by atoms with Crippen LogP contribution in [0.4, 0.5) is 4.79 Å². The maximum Gasteiger partial charge on any atom is 0.339 e. The van der Waals surface area contributed by atoms with E-state index < -0.39 is 5.97 Å². The van der Waals surface area contributed by atoms with Crippen LogP contribution in [0, 0.1) is 6.92 Å². The van der Waals surface area contributed by atoms with Crippen LogP contribution in [0.2, 0.25) is 0 Å². The average Bonchev–Trinajstić information content (AvgIpc) is 2.65. The second kappa shape index (κ2) is 4.85. The lowest BCUT2D eigenvalue weighted by Gasteiger charge is -2.22. The van der Waals surface area contributed by atoms with Gasteiger partial charge in [0.15, 0.2) is 0 Å². The van der Waals surface area contributed by atoms with Gasteiger partial charge in [0, 0.05) is 12.2 Å². The number of aromatic carboxylic acids is 1. The Balaban J connectivity index is 2.18. The number of hydrogen-bond acceptors (Lipinski definition) is 5. The summed E-state index contributed by atoms with van der Waals surface area (Å²) < 4.78 is 5.24. The first kappa shape index (κ1) is 12.7. The van der Waals surface area contributed by atoms with Crippen molar-refractivity contribution in [2.75, 3.05) is 5.75 Å². The molecule has 2 rings (SSSR count). The molecule has 6 nitrogen and oxygen atoms in total. The van der Waals surface area contributed by atoms with E-state index in [1.165, 1.54) is 13.0 Å². The molecule has 1 aromatic rings. The summed E-state index contributed by atoms with van der Waals surface area (Å²) in [4.78, 5) is 35.0. The number of imide groups is 1. The largest absolute Gasteiger partial charge is 0.478 e. The number of furan rings is 1. The van der Waals surface area contributed by atoms with Gasteiger partial charge in [0.05, 0.1) is 6.54 Å². The Morgan fingerprint density at radius 1 is 1.56 bits per heavy atom. The molecule has 0 aliphatic carbocycles. The second-order valence-electron chi connectivity index (χ2n) is 3.83. The first-order chi connectivity index (χ1) is 8.49. The molecule has 0 saturated carbocycles. The quantitative estimate of drug-likeness (QED) is 0.901. The molecule has 1 N–H and O–H groups in total. The zero-order valence-electron chi connectivity index (χ0n) is 9.63. The molecule has 1 aliphatic heterocycles. The number of carbonyl (C=O) groups excluding carboxylic acids is 2. The van der Waals surface area contributed by atoms with Gasteiger partial charge in [-0.2, -0.15) is 0 Å². The van der Waals surface area contributed by atoms with Crippen LogP contribution in [0.3, 0.4) is 0 Å². The standard InChI is InChI=1S/C11H11NO5S/c1-6-8(10(14)15)4-7(17-6)5-12-9(13)2-3-18-11(12)16/h4H,2-3,5H2,1H3,(H,14,15). The van der Waals surface area contributed by atoms with E-state index in [2.05, 4.69) is 0 Å². The normalized spacial score (nSPS) is 16.2. The van der Waals surface area contributed by atoms with Crippen molar-refractivity contribution in [1.82, 2.24) is 4.90 Å². The topological polar surface area (TPSA) is 87.8 Å². The minimum atomic E-state index is -1.09. The Labute approximate surface area is 107 Å². The van der Waals surface area contributed by atoms with Gasteiger partial charge in [0.2, 0.25) is 5.91 Å². The third-order valence-electron chi connectivity index (χ3n) is 2.58. The van der Waals surface area contributed by atoms with Gasteiger partial charge in [-0.1, -0.05) is 11.8 Å². The van der Waals surface area contributed by atoms with Crippen molar-refractivity contribution in [3.63, 3.8) is 0 Å². The third-order valence-corrected chi connectivity index (χ3v) is 3.45. The Bertz CT molecular complexity index is 506. The molecule has 0 atom stereocenters. The van der Waals surface area contributed by atoms with Crippen LogP contribution in [-0.2, 0) is 11.3 Å². The van der Waals surface area contributed by atoms with Crippen molar-refractivity contribution in [2.24, 2.45) is 0 Å². The molecule has 0 bridgehead atoms. The Hall–Kier alpha value is -1.76. The molecule has 1 saturated heterocycles. The molecule has 0 aromatic carbocycles. The van der Waals surface area contributed by atoms with Gasteiger partial charge in [0.1, 0.15) is 17.1 Å². The first-order valence-corrected chi connectivity index (χ1v) is 6.27. The molecule has 0 spiro atoms. The minimum Gasteiger partial charge on any atom is -0.478 e. The van der Waals surface area contributed by atoms with Crippen molar-refractivity contribution in [2.45, 2.75) is 19.9 Å².